The summed E-state index contributed by atoms with van der Waals surface area (Å²) >= 11 is 5.86. The molecule has 24 heavy (non-hydrogen) atoms. The molecule has 3 atom stereocenters. The molecule has 6 heteroatoms. The topological polar surface area (TPSA) is 58.4 Å². The van der Waals surface area contributed by atoms with E-state index in [1.807, 2.05) is 11.1 Å². The van der Waals surface area contributed by atoms with E-state index in [2.05, 4.69) is 16.5 Å². The Balaban J connectivity index is 1.63. The standard InChI is InChI=1S/C18H22ClN3O2/c1-13-6-8-21(11-16(13)22-9-7-20-12-22)18(24)10-17(23)14-2-4-15(19)5-3-14/h2-5,7,9,12-13,16-17,23H,6,8,10-11H2,1H3. The number of carbonyl (C=O) groups is 1. The van der Waals surface area contributed by atoms with E-state index in [9.17, 15) is 9.90 Å². The zero-order valence-electron chi connectivity index (χ0n) is 13.7. The SMILES string of the molecule is CC1CCN(C(=O)CC(O)c2ccc(Cl)cc2)CC1n1ccnc1. The minimum Gasteiger partial charge on any atom is -0.388 e. The van der Waals surface area contributed by atoms with Gasteiger partial charge in [0.15, 0.2) is 0 Å². The molecule has 1 N–H and O–H groups in total. The molecule has 0 spiro atoms. The van der Waals surface area contributed by atoms with Gasteiger partial charge in [-0.2, -0.15) is 0 Å². The summed E-state index contributed by atoms with van der Waals surface area (Å²) in [6.07, 6.45) is 5.74. The normalized spacial score (nSPS) is 22.4. The second-order valence-electron chi connectivity index (χ2n) is 6.45. The number of imidazole rings is 1. The molecule has 0 saturated carbocycles. The maximum atomic E-state index is 12.6. The number of aromatic nitrogens is 2. The molecule has 1 amide bonds. The van der Waals surface area contributed by atoms with Crippen molar-refractivity contribution in [3.63, 3.8) is 0 Å². The van der Waals surface area contributed by atoms with E-state index in [0.29, 0.717) is 23.0 Å². The third kappa shape index (κ3) is 3.79. The lowest BCUT2D eigenvalue weighted by molar-refractivity contribution is -0.135. The Hall–Kier alpha value is -1.85. The molecule has 0 radical (unpaired) electrons. The number of halogens is 1. The van der Waals surface area contributed by atoms with Gasteiger partial charge in [-0.05, 0) is 30.0 Å². The summed E-state index contributed by atoms with van der Waals surface area (Å²) < 4.78 is 2.07. The number of hydrogen-bond donors (Lipinski definition) is 1. The van der Waals surface area contributed by atoms with Crippen molar-refractivity contribution in [2.24, 2.45) is 5.92 Å². The van der Waals surface area contributed by atoms with E-state index < -0.39 is 6.10 Å². The van der Waals surface area contributed by atoms with Crippen LogP contribution in [0, 0.1) is 5.92 Å². The molecular formula is C18H22ClN3O2. The average molecular weight is 348 g/mol. The first-order valence-electron chi connectivity index (χ1n) is 8.23. The van der Waals surface area contributed by atoms with Crippen LogP contribution in [-0.2, 0) is 4.79 Å². The smallest absolute Gasteiger partial charge is 0.225 e. The molecule has 0 aliphatic carbocycles. The van der Waals surface area contributed by atoms with Gasteiger partial charge in [0.2, 0.25) is 5.91 Å². The maximum Gasteiger partial charge on any atom is 0.225 e. The van der Waals surface area contributed by atoms with Gasteiger partial charge in [-0.15, -0.1) is 0 Å². The Kier molecular flexibility index (Phi) is 5.21. The van der Waals surface area contributed by atoms with Crippen molar-refractivity contribution in [2.75, 3.05) is 13.1 Å². The van der Waals surface area contributed by atoms with Gasteiger partial charge < -0.3 is 14.6 Å². The number of piperidine rings is 1. The predicted molar refractivity (Wildman–Crippen MR) is 92.7 cm³/mol. The summed E-state index contributed by atoms with van der Waals surface area (Å²) in [4.78, 5) is 18.5. The number of aliphatic hydroxyl groups is 1. The Morgan fingerprint density at radius 1 is 1.42 bits per heavy atom. The van der Waals surface area contributed by atoms with Crippen molar-refractivity contribution in [3.8, 4) is 0 Å². The molecule has 0 bridgehead atoms. The van der Waals surface area contributed by atoms with Gasteiger partial charge in [0.05, 0.1) is 24.9 Å². The number of rotatable bonds is 4. The first kappa shape index (κ1) is 17.0. The van der Waals surface area contributed by atoms with E-state index in [-0.39, 0.29) is 18.4 Å². The first-order chi connectivity index (χ1) is 11.5. The van der Waals surface area contributed by atoms with Crippen LogP contribution < -0.4 is 0 Å². The van der Waals surface area contributed by atoms with Gasteiger partial charge in [-0.3, -0.25) is 4.79 Å². The van der Waals surface area contributed by atoms with Crippen LogP contribution in [-0.4, -0.2) is 38.6 Å². The zero-order chi connectivity index (χ0) is 17.1. The minimum atomic E-state index is -0.805. The van der Waals surface area contributed by atoms with Gasteiger partial charge in [0.1, 0.15) is 0 Å². The van der Waals surface area contributed by atoms with E-state index in [1.54, 1.807) is 36.8 Å². The van der Waals surface area contributed by atoms with Crippen molar-refractivity contribution >= 4 is 17.5 Å². The molecule has 3 rings (SSSR count). The van der Waals surface area contributed by atoms with Gasteiger partial charge in [-0.25, -0.2) is 4.98 Å². The zero-order valence-corrected chi connectivity index (χ0v) is 14.4. The van der Waals surface area contributed by atoms with Crippen LogP contribution in [0.1, 0.15) is 37.5 Å². The first-order valence-corrected chi connectivity index (χ1v) is 8.61. The van der Waals surface area contributed by atoms with Crippen molar-refractivity contribution < 1.29 is 9.90 Å². The number of carbonyl (C=O) groups excluding carboxylic acids is 1. The predicted octanol–water partition coefficient (Wildman–Crippen LogP) is 3.07. The molecule has 3 unspecified atom stereocenters. The molecule has 1 fully saturated rings. The highest BCUT2D eigenvalue weighted by Crippen LogP contribution is 2.29. The minimum absolute atomic E-state index is 0.0190. The van der Waals surface area contributed by atoms with Gasteiger partial charge in [-0.1, -0.05) is 30.7 Å². The fourth-order valence-electron chi connectivity index (χ4n) is 3.23. The van der Waals surface area contributed by atoms with Crippen LogP contribution in [0.25, 0.3) is 0 Å². The molecule has 2 aromatic rings. The second kappa shape index (κ2) is 7.36. The number of amides is 1. The van der Waals surface area contributed by atoms with Crippen LogP contribution >= 0.6 is 11.6 Å². The molecule has 1 aromatic carbocycles. The third-order valence-corrected chi connectivity index (χ3v) is 5.05. The van der Waals surface area contributed by atoms with Crippen LogP contribution in [0.2, 0.25) is 5.02 Å². The largest absolute Gasteiger partial charge is 0.388 e. The Morgan fingerprint density at radius 3 is 2.83 bits per heavy atom. The number of nitrogens with zero attached hydrogens (tertiary/aromatic N) is 3. The molecule has 128 valence electrons. The fourth-order valence-corrected chi connectivity index (χ4v) is 3.35. The van der Waals surface area contributed by atoms with Crippen LogP contribution in [0.4, 0.5) is 0 Å². The Bertz CT molecular complexity index is 672. The highest BCUT2D eigenvalue weighted by atomic mass is 35.5. The van der Waals surface area contributed by atoms with Crippen LogP contribution in [0.15, 0.2) is 43.0 Å². The summed E-state index contributed by atoms with van der Waals surface area (Å²) in [5.74, 6) is 0.471. The number of hydrogen-bond acceptors (Lipinski definition) is 3. The molecule has 1 aromatic heterocycles. The van der Waals surface area contributed by atoms with Gasteiger partial charge >= 0.3 is 0 Å². The van der Waals surface area contributed by atoms with Crippen molar-refractivity contribution in [2.45, 2.75) is 31.9 Å². The number of aliphatic hydroxyl groups excluding tert-OH is 1. The Morgan fingerprint density at radius 2 is 2.17 bits per heavy atom. The van der Waals surface area contributed by atoms with E-state index in [4.69, 9.17) is 11.6 Å². The molecule has 1 aliphatic rings. The highest BCUT2D eigenvalue weighted by molar-refractivity contribution is 6.30. The van der Waals surface area contributed by atoms with Gasteiger partial charge in [0.25, 0.3) is 0 Å². The lowest BCUT2D eigenvalue weighted by Gasteiger charge is -2.38. The molecule has 1 saturated heterocycles. The molecule has 2 heterocycles. The average Bonchev–Trinajstić information content (AvgIpc) is 3.10. The van der Waals surface area contributed by atoms with Crippen molar-refractivity contribution in [1.82, 2.24) is 14.5 Å². The van der Waals surface area contributed by atoms with E-state index >= 15 is 0 Å². The van der Waals surface area contributed by atoms with Crippen molar-refractivity contribution in [1.29, 1.82) is 0 Å². The monoisotopic (exact) mass is 347 g/mol. The number of likely N-dealkylation sites (tertiary alicyclic amines) is 1. The van der Waals surface area contributed by atoms with Gasteiger partial charge in [0, 0.05) is 30.5 Å². The lowest BCUT2D eigenvalue weighted by atomic mass is 9.92. The van der Waals surface area contributed by atoms with E-state index in [1.165, 1.54) is 0 Å². The summed E-state index contributed by atoms with van der Waals surface area (Å²) in [6.45, 7) is 3.59. The third-order valence-electron chi connectivity index (χ3n) is 4.80. The van der Waals surface area contributed by atoms with Crippen molar-refractivity contribution in [3.05, 3.63) is 53.6 Å². The summed E-state index contributed by atoms with van der Waals surface area (Å²) in [7, 11) is 0. The number of benzene rings is 1. The fraction of sp³-hybridized carbons (Fsp3) is 0.444. The molecular weight excluding hydrogens is 326 g/mol. The molecule has 1 aliphatic heterocycles. The van der Waals surface area contributed by atoms with E-state index in [0.717, 1.165) is 13.0 Å². The molecule has 5 nitrogen and oxygen atoms in total. The quantitative estimate of drug-likeness (QED) is 0.924. The Labute approximate surface area is 146 Å². The van der Waals surface area contributed by atoms with Crippen LogP contribution in [0.5, 0.6) is 0 Å². The summed E-state index contributed by atoms with van der Waals surface area (Å²) in [5.41, 5.74) is 0.712. The second-order valence-corrected chi connectivity index (χ2v) is 6.89. The highest BCUT2D eigenvalue weighted by Gasteiger charge is 2.30. The summed E-state index contributed by atoms with van der Waals surface area (Å²) in [6, 6.07) is 7.20. The van der Waals surface area contributed by atoms with Crippen LogP contribution in [0.3, 0.4) is 0 Å². The maximum absolute atomic E-state index is 12.6. The summed E-state index contributed by atoms with van der Waals surface area (Å²) in [5, 5.41) is 10.9. The lowest BCUT2D eigenvalue weighted by Crippen LogP contribution is -2.44.